The zero-order valence-corrected chi connectivity index (χ0v) is 9.71. The van der Waals surface area contributed by atoms with Crippen molar-refractivity contribution in [3.63, 3.8) is 0 Å². The third-order valence-electron chi connectivity index (χ3n) is 1.71. The van der Waals surface area contributed by atoms with Gasteiger partial charge in [-0.1, -0.05) is 11.6 Å². The maximum absolute atomic E-state index is 12.3. The minimum atomic E-state index is -6.00. The van der Waals surface area contributed by atoms with Crippen molar-refractivity contribution >= 4 is 34.8 Å². The van der Waals surface area contributed by atoms with E-state index in [1.54, 1.807) is 0 Å². The predicted octanol–water partition coefficient (Wildman–Crippen LogP) is 4.92. The number of halogens is 11. The Balaban J connectivity index is 5.27. The standard InChI is InChI=1S/C6H3Cl3F8/c7-2(4(9,10)11)1-3(8,5(12,13)14)6(15,16)17/h2H,1H2. The highest BCUT2D eigenvalue weighted by atomic mass is 35.5. The number of hydrogen-bond acceptors (Lipinski definition) is 0. The summed E-state index contributed by atoms with van der Waals surface area (Å²) in [4.78, 5) is -4.87. The Kier molecular flexibility index (Phi) is 4.86. The molecule has 11 heteroatoms. The van der Waals surface area contributed by atoms with Crippen molar-refractivity contribution in [2.24, 2.45) is 0 Å². The van der Waals surface area contributed by atoms with E-state index in [0.29, 0.717) is 0 Å². The molecule has 0 aliphatic rings. The van der Waals surface area contributed by atoms with Crippen molar-refractivity contribution in [3.8, 4) is 0 Å². The number of rotatable bonds is 3. The first-order valence-electron chi connectivity index (χ1n) is 3.66. The molecule has 0 heterocycles. The van der Waals surface area contributed by atoms with Gasteiger partial charge in [0.25, 0.3) is 0 Å². The highest BCUT2D eigenvalue weighted by Gasteiger charge is 2.71. The van der Waals surface area contributed by atoms with Crippen molar-refractivity contribution in [3.05, 3.63) is 0 Å². The van der Waals surface area contributed by atoms with Gasteiger partial charge in [-0.25, -0.2) is 0 Å². The van der Waals surface area contributed by atoms with Crippen LogP contribution in [-0.2, 0) is 0 Å². The lowest BCUT2D eigenvalue weighted by atomic mass is 10.0. The molecule has 0 nitrogen and oxygen atoms in total. The molecule has 0 spiro atoms. The lowest BCUT2D eigenvalue weighted by Gasteiger charge is -2.33. The molecule has 0 amide bonds. The van der Waals surface area contributed by atoms with E-state index in [2.05, 4.69) is 34.8 Å². The van der Waals surface area contributed by atoms with Crippen LogP contribution >= 0.6 is 34.8 Å². The largest absolute Gasteiger partial charge is 0.416 e. The van der Waals surface area contributed by atoms with Crippen LogP contribution in [0, 0.1) is 0 Å². The summed E-state index contributed by atoms with van der Waals surface area (Å²) in [7, 11) is 0. The molecular formula is C6H3Cl3F8. The molecule has 17 heavy (non-hydrogen) atoms. The zero-order chi connectivity index (χ0) is 14.3. The smallest absolute Gasteiger partial charge is 0.187 e. The van der Waals surface area contributed by atoms with Crippen LogP contribution in [0.25, 0.3) is 0 Å². The van der Waals surface area contributed by atoms with Gasteiger partial charge in [0.2, 0.25) is 4.87 Å². The van der Waals surface area contributed by atoms with Gasteiger partial charge in [0.05, 0.1) is 0 Å². The molecule has 0 aromatic carbocycles. The summed E-state index contributed by atoms with van der Waals surface area (Å²) in [5, 5.41) is -7.37. The van der Waals surface area contributed by atoms with Crippen molar-refractivity contribution in [1.29, 1.82) is 0 Å². The molecule has 0 aromatic heterocycles. The first-order valence-corrected chi connectivity index (χ1v) is 4.85. The Morgan fingerprint density at radius 3 is 1.24 bits per heavy atom. The highest BCUT2D eigenvalue weighted by Crippen LogP contribution is 2.52. The number of hydrogen-bond donors (Lipinski definition) is 0. The topological polar surface area (TPSA) is 0 Å². The number of alkyl halides is 11. The van der Waals surface area contributed by atoms with Crippen LogP contribution in [0.1, 0.15) is 6.42 Å². The van der Waals surface area contributed by atoms with Gasteiger partial charge in [-0.05, 0) is 11.6 Å². The Morgan fingerprint density at radius 2 is 1.06 bits per heavy atom. The van der Waals surface area contributed by atoms with E-state index in [1.807, 2.05) is 0 Å². The molecule has 0 N–H and O–H groups in total. The van der Waals surface area contributed by atoms with Gasteiger partial charge in [-0.2, -0.15) is 35.1 Å². The molecule has 104 valence electrons. The van der Waals surface area contributed by atoms with Gasteiger partial charge in [-0.15, -0.1) is 11.6 Å². The summed E-state index contributed by atoms with van der Waals surface area (Å²) >= 11 is 13.3. The Hall–Kier alpha value is 0.310. The lowest BCUT2D eigenvalue weighted by Crippen LogP contribution is -2.54. The SMILES string of the molecule is FC(F)(Cl)C(Cl)CC(Cl)(C(F)(F)F)C(F)(F)F. The minimum absolute atomic E-state index is 2.31. The molecule has 0 saturated carbocycles. The van der Waals surface area contributed by atoms with E-state index in [4.69, 9.17) is 0 Å². The first kappa shape index (κ1) is 17.3. The predicted molar refractivity (Wildman–Crippen MR) is 45.8 cm³/mol. The Labute approximate surface area is 105 Å². The fourth-order valence-corrected chi connectivity index (χ4v) is 1.30. The van der Waals surface area contributed by atoms with E-state index in [-0.39, 0.29) is 0 Å². The van der Waals surface area contributed by atoms with E-state index in [1.165, 1.54) is 0 Å². The quantitative estimate of drug-likeness (QED) is 0.508. The van der Waals surface area contributed by atoms with Gasteiger partial charge < -0.3 is 0 Å². The first-order chi connectivity index (χ1) is 7.13. The summed E-state index contributed by atoms with van der Waals surface area (Å²) in [6.45, 7) is 0. The van der Waals surface area contributed by atoms with Crippen LogP contribution in [0.5, 0.6) is 0 Å². The fourth-order valence-electron chi connectivity index (χ4n) is 0.755. The molecule has 0 radical (unpaired) electrons. The van der Waals surface area contributed by atoms with E-state index < -0.39 is 34.4 Å². The van der Waals surface area contributed by atoms with Crippen LogP contribution in [0.4, 0.5) is 35.1 Å². The Morgan fingerprint density at radius 1 is 0.765 bits per heavy atom. The molecule has 1 unspecified atom stereocenters. The van der Waals surface area contributed by atoms with Crippen molar-refractivity contribution in [2.45, 2.75) is 34.4 Å². The molecule has 0 aromatic rings. The molecule has 0 bridgehead atoms. The maximum Gasteiger partial charge on any atom is 0.416 e. The van der Waals surface area contributed by atoms with Gasteiger partial charge in [0, 0.05) is 6.42 Å². The van der Waals surface area contributed by atoms with Gasteiger partial charge in [0.15, 0.2) is 0 Å². The minimum Gasteiger partial charge on any atom is -0.187 e. The highest BCUT2D eigenvalue weighted by molar-refractivity contribution is 6.32. The van der Waals surface area contributed by atoms with Crippen LogP contribution in [-0.4, -0.2) is 28.0 Å². The molecule has 0 aliphatic heterocycles. The summed E-state index contributed by atoms with van der Waals surface area (Å²) in [6, 6.07) is 0. The van der Waals surface area contributed by atoms with Crippen molar-refractivity contribution in [1.82, 2.24) is 0 Å². The summed E-state index contributed by atoms with van der Waals surface area (Å²) < 4.78 is 97.4. The van der Waals surface area contributed by atoms with E-state index >= 15 is 0 Å². The van der Waals surface area contributed by atoms with E-state index in [0.717, 1.165) is 0 Å². The summed E-state index contributed by atoms with van der Waals surface area (Å²) in [5.41, 5.74) is 0. The van der Waals surface area contributed by atoms with E-state index in [9.17, 15) is 35.1 Å². The van der Waals surface area contributed by atoms with Crippen LogP contribution in [0.3, 0.4) is 0 Å². The van der Waals surface area contributed by atoms with Crippen molar-refractivity contribution < 1.29 is 35.1 Å². The van der Waals surface area contributed by atoms with Gasteiger partial charge in [-0.3, -0.25) is 0 Å². The van der Waals surface area contributed by atoms with Crippen LogP contribution in [0.15, 0.2) is 0 Å². The second kappa shape index (κ2) is 4.77. The zero-order valence-electron chi connectivity index (χ0n) is 7.44. The monoisotopic (exact) mass is 332 g/mol. The third kappa shape index (κ3) is 3.89. The average Bonchev–Trinajstić information content (AvgIpc) is 1.97. The normalized spacial score (nSPS) is 17.1. The molecule has 1 atom stereocenters. The van der Waals surface area contributed by atoms with Crippen molar-refractivity contribution in [2.75, 3.05) is 0 Å². The molecular weight excluding hydrogens is 330 g/mol. The lowest BCUT2D eigenvalue weighted by molar-refractivity contribution is -0.270. The van der Waals surface area contributed by atoms with Crippen LogP contribution in [0.2, 0.25) is 0 Å². The van der Waals surface area contributed by atoms with Crippen LogP contribution < -0.4 is 0 Å². The molecule has 0 saturated heterocycles. The molecule has 0 fully saturated rings. The molecule has 0 rings (SSSR count). The van der Waals surface area contributed by atoms with Gasteiger partial charge in [0.1, 0.15) is 5.38 Å². The average molecular weight is 333 g/mol. The Bertz CT molecular complexity index is 250. The summed E-state index contributed by atoms with van der Waals surface area (Å²) in [5.74, 6) is 0. The fraction of sp³-hybridized carbons (Fsp3) is 1.00. The maximum atomic E-state index is 12.3. The summed E-state index contributed by atoms with van der Waals surface area (Å²) in [6.07, 6.45) is -14.3. The molecule has 0 aliphatic carbocycles. The van der Waals surface area contributed by atoms with Gasteiger partial charge >= 0.3 is 17.7 Å². The second-order valence-electron chi connectivity index (χ2n) is 3.01. The second-order valence-corrected chi connectivity index (χ2v) is 4.69. The third-order valence-corrected chi connectivity index (χ3v) is 3.10.